The van der Waals surface area contributed by atoms with Crippen LogP contribution < -0.4 is 0 Å². The first kappa shape index (κ1) is 19.8. The largest absolute Gasteiger partial charge is 0.379 e. The highest BCUT2D eigenvalue weighted by Crippen LogP contribution is 2.28. The number of sulfonamides is 1. The molecular formula is C17H23BrN2O5S. The summed E-state index contributed by atoms with van der Waals surface area (Å²) in [6, 6.07) is 4.73. The SMILES string of the molecule is C[C@@H]1CN(C(=O)c2ccc(Br)c(S(=O)(=O)N3CCOCC3)c2)C[C@@H](C)O1. The summed E-state index contributed by atoms with van der Waals surface area (Å²) in [4.78, 5) is 14.7. The molecule has 0 N–H and O–H groups in total. The molecule has 26 heavy (non-hydrogen) atoms. The number of rotatable bonds is 3. The number of hydrogen-bond donors (Lipinski definition) is 0. The Morgan fingerprint density at radius 1 is 1.15 bits per heavy atom. The molecule has 7 nitrogen and oxygen atoms in total. The molecule has 1 aromatic carbocycles. The highest BCUT2D eigenvalue weighted by atomic mass is 79.9. The first-order valence-electron chi connectivity index (χ1n) is 8.61. The highest BCUT2D eigenvalue weighted by molar-refractivity contribution is 9.10. The van der Waals surface area contributed by atoms with Crippen LogP contribution >= 0.6 is 15.9 Å². The van der Waals surface area contributed by atoms with Gasteiger partial charge in [-0.1, -0.05) is 0 Å². The van der Waals surface area contributed by atoms with Gasteiger partial charge in [0.25, 0.3) is 5.91 Å². The van der Waals surface area contributed by atoms with Crippen LogP contribution in [0.5, 0.6) is 0 Å². The number of carbonyl (C=O) groups excluding carboxylic acids is 1. The van der Waals surface area contributed by atoms with Crippen LogP contribution in [0.1, 0.15) is 24.2 Å². The zero-order valence-corrected chi connectivity index (χ0v) is 17.3. The van der Waals surface area contributed by atoms with Gasteiger partial charge >= 0.3 is 0 Å². The second kappa shape index (κ2) is 7.93. The second-order valence-electron chi connectivity index (χ2n) is 6.63. The third-order valence-corrected chi connectivity index (χ3v) is 7.37. The quantitative estimate of drug-likeness (QED) is 0.706. The summed E-state index contributed by atoms with van der Waals surface area (Å²) in [7, 11) is -3.69. The molecule has 2 heterocycles. The summed E-state index contributed by atoms with van der Waals surface area (Å²) in [5, 5.41) is 0. The number of halogens is 1. The van der Waals surface area contributed by atoms with Crippen LogP contribution in [-0.4, -0.2) is 75.1 Å². The van der Waals surface area contributed by atoms with E-state index in [4.69, 9.17) is 9.47 Å². The van der Waals surface area contributed by atoms with Gasteiger partial charge in [0.2, 0.25) is 10.0 Å². The Morgan fingerprint density at radius 3 is 2.38 bits per heavy atom. The maximum atomic E-state index is 13.0. The monoisotopic (exact) mass is 446 g/mol. The molecule has 2 fully saturated rings. The molecule has 0 spiro atoms. The molecule has 1 amide bonds. The van der Waals surface area contributed by atoms with E-state index in [9.17, 15) is 13.2 Å². The number of hydrogen-bond acceptors (Lipinski definition) is 5. The van der Waals surface area contributed by atoms with Crippen LogP contribution in [0.2, 0.25) is 0 Å². The van der Waals surface area contributed by atoms with Gasteiger partial charge in [-0.05, 0) is 48.0 Å². The average Bonchev–Trinajstić information content (AvgIpc) is 2.61. The Kier molecular flexibility index (Phi) is 6.03. The minimum Gasteiger partial charge on any atom is -0.379 e. The lowest BCUT2D eigenvalue weighted by molar-refractivity contribution is -0.0586. The normalized spacial score (nSPS) is 25.3. The highest BCUT2D eigenvalue weighted by Gasteiger charge is 2.31. The predicted octanol–water partition coefficient (Wildman–Crippen LogP) is 1.72. The fraction of sp³-hybridized carbons (Fsp3) is 0.588. The zero-order valence-electron chi connectivity index (χ0n) is 14.9. The molecule has 0 radical (unpaired) electrons. The Balaban J connectivity index is 1.88. The lowest BCUT2D eigenvalue weighted by Crippen LogP contribution is -2.48. The molecule has 0 unspecified atom stereocenters. The smallest absolute Gasteiger partial charge is 0.254 e. The Labute approximate surface area is 162 Å². The first-order valence-corrected chi connectivity index (χ1v) is 10.8. The van der Waals surface area contributed by atoms with Gasteiger partial charge in [-0.25, -0.2) is 8.42 Å². The molecule has 0 saturated carbocycles. The summed E-state index contributed by atoms with van der Waals surface area (Å²) >= 11 is 3.32. The fourth-order valence-electron chi connectivity index (χ4n) is 3.29. The summed E-state index contributed by atoms with van der Waals surface area (Å²) in [6.45, 7) is 6.20. The number of carbonyl (C=O) groups is 1. The van der Waals surface area contributed by atoms with Gasteiger partial charge in [-0.15, -0.1) is 0 Å². The topological polar surface area (TPSA) is 76.2 Å². The van der Waals surface area contributed by atoms with Crippen molar-refractivity contribution in [1.82, 2.24) is 9.21 Å². The summed E-state index contributed by atoms with van der Waals surface area (Å²) in [6.07, 6.45) is -0.0931. The molecule has 1 aromatic rings. The van der Waals surface area contributed by atoms with Crippen molar-refractivity contribution in [2.24, 2.45) is 0 Å². The van der Waals surface area contributed by atoms with Crippen LogP contribution in [0, 0.1) is 0 Å². The van der Waals surface area contributed by atoms with Crippen molar-refractivity contribution >= 4 is 31.9 Å². The standard InChI is InChI=1S/C17H23BrN2O5S/c1-12-10-19(11-13(2)25-12)17(21)14-3-4-15(18)16(9-14)26(22,23)20-5-7-24-8-6-20/h3-4,9,12-13H,5-8,10-11H2,1-2H3/t12-,13-/m1/s1. The maximum absolute atomic E-state index is 13.0. The lowest BCUT2D eigenvalue weighted by atomic mass is 10.1. The molecule has 3 rings (SSSR count). The van der Waals surface area contributed by atoms with Gasteiger partial charge < -0.3 is 14.4 Å². The Morgan fingerprint density at radius 2 is 1.77 bits per heavy atom. The van der Waals surface area contributed by atoms with E-state index in [1.807, 2.05) is 13.8 Å². The first-order chi connectivity index (χ1) is 12.3. The van der Waals surface area contributed by atoms with E-state index in [0.717, 1.165) is 0 Å². The number of benzene rings is 1. The number of amides is 1. The van der Waals surface area contributed by atoms with Crippen LogP contribution in [0.3, 0.4) is 0 Å². The number of nitrogens with zero attached hydrogens (tertiary/aromatic N) is 2. The van der Waals surface area contributed by atoms with E-state index in [2.05, 4.69) is 15.9 Å². The molecule has 0 bridgehead atoms. The van der Waals surface area contributed by atoms with Gasteiger partial charge in [-0.3, -0.25) is 4.79 Å². The molecule has 2 saturated heterocycles. The van der Waals surface area contributed by atoms with E-state index in [1.165, 1.54) is 10.4 Å². The van der Waals surface area contributed by atoms with E-state index < -0.39 is 10.0 Å². The van der Waals surface area contributed by atoms with E-state index in [0.29, 0.717) is 49.4 Å². The fourth-order valence-corrected chi connectivity index (χ4v) is 5.65. The zero-order chi connectivity index (χ0) is 18.9. The van der Waals surface area contributed by atoms with Crippen molar-refractivity contribution in [2.45, 2.75) is 31.0 Å². The minimum atomic E-state index is -3.69. The number of morpholine rings is 2. The Hall–Kier alpha value is -1.00. The van der Waals surface area contributed by atoms with Crippen molar-refractivity contribution in [3.63, 3.8) is 0 Å². The van der Waals surface area contributed by atoms with E-state index in [-0.39, 0.29) is 23.0 Å². The summed E-state index contributed by atoms with van der Waals surface area (Å²) < 4.78 is 38.7. The Bertz CT molecular complexity index is 769. The molecule has 2 aliphatic heterocycles. The van der Waals surface area contributed by atoms with Gasteiger partial charge in [0.1, 0.15) is 0 Å². The average molecular weight is 447 g/mol. The number of ether oxygens (including phenoxy) is 2. The third kappa shape index (κ3) is 4.12. The van der Waals surface area contributed by atoms with Crippen LogP contribution in [0.4, 0.5) is 0 Å². The molecule has 9 heteroatoms. The summed E-state index contributed by atoms with van der Waals surface area (Å²) in [5.74, 6) is -0.182. The molecule has 2 aliphatic rings. The van der Waals surface area contributed by atoms with Crippen molar-refractivity contribution in [3.8, 4) is 0 Å². The van der Waals surface area contributed by atoms with Crippen molar-refractivity contribution in [3.05, 3.63) is 28.2 Å². The van der Waals surface area contributed by atoms with Crippen molar-refractivity contribution < 1.29 is 22.7 Å². The van der Waals surface area contributed by atoms with Gasteiger partial charge in [0, 0.05) is 36.2 Å². The van der Waals surface area contributed by atoms with Gasteiger partial charge in [-0.2, -0.15) is 4.31 Å². The van der Waals surface area contributed by atoms with Gasteiger partial charge in [0.05, 0.1) is 30.3 Å². The molecular weight excluding hydrogens is 424 g/mol. The lowest BCUT2D eigenvalue weighted by Gasteiger charge is -2.35. The molecule has 0 aromatic heterocycles. The van der Waals surface area contributed by atoms with E-state index in [1.54, 1.807) is 17.0 Å². The predicted molar refractivity (Wildman–Crippen MR) is 99.6 cm³/mol. The van der Waals surface area contributed by atoms with Crippen LogP contribution in [-0.2, 0) is 19.5 Å². The minimum absolute atomic E-state index is 0.0466. The molecule has 144 valence electrons. The van der Waals surface area contributed by atoms with Gasteiger partial charge in [0.15, 0.2) is 0 Å². The maximum Gasteiger partial charge on any atom is 0.254 e. The van der Waals surface area contributed by atoms with Crippen molar-refractivity contribution in [2.75, 3.05) is 39.4 Å². The molecule has 2 atom stereocenters. The summed E-state index contributed by atoms with van der Waals surface area (Å²) in [5.41, 5.74) is 0.362. The molecule has 0 aliphatic carbocycles. The van der Waals surface area contributed by atoms with Crippen LogP contribution in [0.15, 0.2) is 27.6 Å². The third-order valence-electron chi connectivity index (χ3n) is 4.47. The van der Waals surface area contributed by atoms with Crippen LogP contribution in [0.25, 0.3) is 0 Å². The van der Waals surface area contributed by atoms with E-state index >= 15 is 0 Å². The second-order valence-corrected chi connectivity index (χ2v) is 9.39. The van der Waals surface area contributed by atoms with Crippen molar-refractivity contribution in [1.29, 1.82) is 0 Å².